The molecule has 2 atom stereocenters. The Labute approximate surface area is 133 Å². The molecule has 0 radical (unpaired) electrons. The van der Waals surface area contributed by atoms with Crippen LogP contribution < -0.4 is 10.6 Å². The highest BCUT2D eigenvalue weighted by Crippen LogP contribution is 2.29. The maximum absolute atomic E-state index is 12.3. The molecule has 1 aliphatic rings. The number of amides is 1. The van der Waals surface area contributed by atoms with Crippen LogP contribution in [0, 0.1) is 12.8 Å². The lowest BCUT2D eigenvalue weighted by atomic mass is 9.95. The Morgan fingerprint density at radius 1 is 1.45 bits per heavy atom. The zero-order valence-corrected chi connectivity index (χ0v) is 13.9. The molecule has 1 fully saturated rings. The van der Waals surface area contributed by atoms with E-state index < -0.39 is 0 Å². The SMILES string of the molecule is CSCC1CNCCC1NC(=O)c1[nH]c(C)c(Cl)c1Cl. The van der Waals surface area contributed by atoms with E-state index in [1.807, 2.05) is 0 Å². The van der Waals surface area contributed by atoms with Gasteiger partial charge in [-0.1, -0.05) is 23.2 Å². The molecule has 7 heteroatoms. The van der Waals surface area contributed by atoms with Gasteiger partial charge in [0, 0.05) is 24.2 Å². The number of aromatic nitrogens is 1. The molecular formula is C13H19Cl2N3OS. The minimum absolute atomic E-state index is 0.176. The normalized spacial score (nSPS) is 22.8. The van der Waals surface area contributed by atoms with E-state index in [0.717, 1.165) is 25.3 Å². The molecule has 0 aromatic carbocycles. The number of halogens is 2. The average Bonchev–Trinajstić information content (AvgIpc) is 2.69. The van der Waals surface area contributed by atoms with Gasteiger partial charge < -0.3 is 15.6 Å². The maximum Gasteiger partial charge on any atom is 0.269 e. The van der Waals surface area contributed by atoms with Crippen LogP contribution in [-0.2, 0) is 0 Å². The molecule has 3 N–H and O–H groups in total. The van der Waals surface area contributed by atoms with Gasteiger partial charge in [-0.15, -0.1) is 0 Å². The number of hydrogen-bond acceptors (Lipinski definition) is 3. The van der Waals surface area contributed by atoms with Crippen molar-refractivity contribution in [1.82, 2.24) is 15.6 Å². The monoisotopic (exact) mass is 335 g/mol. The first-order chi connectivity index (χ1) is 9.54. The van der Waals surface area contributed by atoms with Crippen LogP contribution in [0.4, 0.5) is 0 Å². The highest BCUT2D eigenvalue weighted by atomic mass is 35.5. The van der Waals surface area contributed by atoms with Crippen LogP contribution in [0.1, 0.15) is 22.6 Å². The minimum Gasteiger partial charge on any atom is -0.352 e. The van der Waals surface area contributed by atoms with E-state index in [1.54, 1.807) is 18.7 Å². The molecule has 1 saturated heterocycles. The quantitative estimate of drug-likeness (QED) is 0.792. The fraction of sp³-hybridized carbons (Fsp3) is 0.615. The largest absolute Gasteiger partial charge is 0.352 e. The molecule has 20 heavy (non-hydrogen) atoms. The van der Waals surface area contributed by atoms with Gasteiger partial charge in [-0.2, -0.15) is 11.8 Å². The van der Waals surface area contributed by atoms with E-state index >= 15 is 0 Å². The summed E-state index contributed by atoms with van der Waals surface area (Å²) in [7, 11) is 0. The number of H-pyrrole nitrogens is 1. The number of carbonyl (C=O) groups excluding carboxylic acids is 1. The van der Waals surface area contributed by atoms with Crippen molar-refractivity contribution in [3.8, 4) is 0 Å². The third-order valence-electron chi connectivity index (χ3n) is 3.59. The molecule has 1 aliphatic heterocycles. The zero-order chi connectivity index (χ0) is 14.7. The van der Waals surface area contributed by atoms with Crippen LogP contribution in [0.15, 0.2) is 0 Å². The molecule has 2 heterocycles. The molecule has 0 bridgehead atoms. The lowest BCUT2D eigenvalue weighted by Crippen LogP contribution is -2.50. The van der Waals surface area contributed by atoms with Crippen LogP contribution in [0.3, 0.4) is 0 Å². The summed E-state index contributed by atoms with van der Waals surface area (Å²) in [5.41, 5.74) is 1.07. The van der Waals surface area contributed by atoms with Gasteiger partial charge in [0.15, 0.2) is 0 Å². The van der Waals surface area contributed by atoms with Crippen molar-refractivity contribution in [3.05, 3.63) is 21.4 Å². The standard InChI is InChI=1S/C13H19Cl2N3OS/c1-7-10(14)11(15)12(17-7)13(19)18-9-3-4-16-5-8(9)6-20-2/h8-9,16-17H,3-6H2,1-2H3,(H,18,19). The molecule has 1 amide bonds. The Morgan fingerprint density at radius 3 is 2.80 bits per heavy atom. The van der Waals surface area contributed by atoms with Gasteiger partial charge in [0.05, 0.1) is 10.0 Å². The Morgan fingerprint density at radius 2 is 2.20 bits per heavy atom. The van der Waals surface area contributed by atoms with Crippen molar-refractivity contribution in [1.29, 1.82) is 0 Å². The van der Waals surface area contributed by atoms with E-state index in [1.165, 1.54) is 0 Å². The summed E-state index contributed by atoms with van der Waals surface area (Å²) in [5.74, 6) is 1.28. The van der Waals surface area contributed by atoms with E-state index in [4.69, 9.17) is 23.2 Å². The molecule has 2 unspecified atom stereocenters. The van der Waals surface area contributed by atoms with E-state index in [0.29, 0.717) is 27.4 Å². The second-order valence-corrected chi connectivity index (χ2v) is 6.71. The van der Waals surface area contributed by atoms with E-state index in [9.17, 15) is 4.79 Å². The Kier molecular flexibility index (Phi) is 5.66. The smallest absolute Gasteiger partial charge is 0.269 e. The molecule has 0 spiro atoms. The van der Waals surface area contributed by atoms with Crippen molar-refractivity contribution >= 4 is 40.9 Å². The van der Waals surface area contributed by atoms with E-state index in [2.05, 4.69) is 21.9 Å². The summed E-state index contributed by atoms with van der Waals surface area (Å²) in [6, 6.07) is 0.176. The molecule has 0 saturated carbocycles. The Bertz CT molecular complexity index is 490. The van der Waals surface area contributed by atoms with Gasteiger partial charge in [0.25, 0.3) is 5.91 Å². The van der Waals surface area contributed by atoms with Gasteiger partial charge in [0.2, 0.25) is 0 Å². The summed E-state index contributed by atoms with van der Waals surface area (Å²) >= 11 is 13.9. The topological polar surface area (TPSA) is 56.9 Å². The highest BCUT2D eigenvalue weighted by molar-refractivity contribution is 7.98. The predicted molar refractivity (Wildman–Crippen MR) is 86.2 cm³/mol. The van der Waals surface area contributed by atoms with Crippen LogP contribution in [0.2, 0.25) is 10.0 Å². The summed E-state index contributed by atoms with van der Waals surface area (Å²) in [4.78, 5) is 15.3. The van der Waals surface area contributed by atoms with Crippen molar-refractivity contribution in [2.24, 2.45) is 5.92 Å². The number of aryl methyl sites for hydroxylation is 1. The summed E-state index contributed by atoms with van der Waals surface area (Å²) < 4.78 is 0. The molecule has 0 aliphatic carbocycles. The average molecular weight is 336 g/mol. The Hall–Kier alpha value is -0.360. The molecule has 4 nitrogen and oxygen atoms in total. The minimum atomic E-state index is -0.178. The summed E-state index contributed by atoms with van der Waals surface area (Å²) in [6.07, 6.45) is 3.01. The number of rotatable bonds is 4. The molecule has 2 rings (SSSR count). The van der Waals surface area contributed by atoms with Gasteiger partial charge in [-0.05, 0) is 31.9 Å². The van der Waals surface area contributed by atoms with Crippen molar-refractivity contribution in [2.75, 3.05) is 25.1 Å². The molecular weight excluding hydrogens is 317 g/mol. The van der Waals surface area contributed by atoms with Crippen molar-refractivity contribution < 1.29 is 4.79 Å². The lowest BCUT2D eigenvalue weighted by molar-refractivity contribution is 0.0910. The number of carbonyl (C=O) groups is 1. The van der Waals surface area contributed by atoms with Crippen molar-refractivity contribution in [3.63, 3.8) is 0 Å². The van der Waals surface area contributed by atoms with E-state index in [-0.39, 0.29) is 11.9 Å². The third kappa shape index (κ3) is 3.45. The summed E-state index contributed by atoms with van der Waals surface area (Å²) in [6.45, 7) is 3.66. The van der Waals surface area contributed by atoms with Gasteiger partial charge >= 0.3 is 0 Å². The molecule has 1 aromatic rings. The third-order valence-corrected chi connectivity index (χ3v) is 5.29. The highest BCUT2D eigenvalue weighted by Gasteiger charge is 2.28. The van der Waals surface area contributed by atoms with Crippen molar-refractivity contribution in [2.45, 2.75) is 19.4 Å². The van der Waals surface area contributed by atoms with Crippen LogP contribution in [-0.4, -0.2) is 42.0 Å². The molecule has 112 valence electrons. The van der Waals surface area contributed by atoms with Gasteiger partial charge in [-0.25, -0.2) is 0 Å². The first-order valence-corrected chi connectivity index (χ1v) is 8.73. The van der Waals surface area contributed by atoms with Crippen LogP contribution in [0.25, 0.3) is 0 Å². The number of piperidine rings is 1. The second kappa shape index (κ2) is 7.07. The van der Waals surface area contributed by atoms with Crippen LogP contribution in [0.5, 0.6) is 0 Å². The molecule has 1 aromatic heterocycles. The predicted octanol–water partition coefficient (Wildman–Crippen LogP) is 2.70. The first kappa shape index (κ1) is 16.0. The first-order valence-electron chi connectivity index (χ1n) is 6.58. The number of hydrogen-bond donors (Lipinski definition) is 3. The fourth-order valence-electron chi connectivity index (χ4n) is 2.47. The Balaban J connectivity index is 2.07. The zero-order valence-electron chi connectivity index (χ0n) is 11.6. The number of nitrogens with one attached hydrogen (secondary N) is 3. The number of aromatic amines is 1. The van der Waals surface area contributed by atoms with Gasteiger partial charge in [0.1, 0.15) is 5.69 Å². The fourth-order valence-corrected chi connectivity index (χ4v) is 3.67. The number of thioether (sulfide) groups is 1. The summed E-state index contributed by atoms with van der Waals surface area (Å²) in [5, 5.41) is 7.17. The lowest BCUT2D eigenvalue weighted by Gasteiger charge is -2.32. The van der Waals surface area contributed by atoms with Crippen LogP contribution >= 0.6 is 35.0 Å². The second-order valence-electron chi connectivity index (χ2n) is 5.04. The maximum atomic E-state index is 12.3. The van der Waals surface area contributed by atoms with Gasteiger partial charge in [-0.3, -0.25) is 4.79 Å².